The summed E-state index contributed by atoms with van der Waals surface area (Å²) in [7, 11) is 2.29. The van der Waals surface area contributed by atoms with Crippen molar-refractivity contribution in [3.8, 4) is 0 Å². The molecule has 0 radical (unpaired) electrons. The van der Waals surface area contributed by atoms with Crippen LogP contribution >= 0.6 is 0 Å². The molecule has 1 aliphatic heterocycles. The van der Waals surface area contributed by atoms with Crippen molar-refractivity contribution in [2.24, 2.45) is 5.92 Å². The Kier molecular flexibility index (Phi) is 2.96. The molecule has 2 atom stereocenters. The Balaban J connectivity index is 1.97. The van der Waals surface area contributed by atoms with Crippen LogP contribution in [0.1, 0.15) is 37.7 Å². The molecule has 1 heteroatoms. The molecule has 3 rings (SSSR count). The zero-order valence-electron chi connectivity index (χ0n) is 10.9. The van der Waals surface area contributed by atoms with Crippen LogP contribution in [0.5, 0.6) is 0 Å². The topological polar surface area (TPSA) is 3.24 Å². The van der Waals surface area contributed by atoms with E-state index >= 15 is 0 Å². The smallest absolute Gasteiger partial charge is 0.00151 e. The van der Waals surface area contributed by atoms with Gasteiger partial charge in [0.05, 0.1) is 0 Å². The quantitative estimate of drug-likeness (QED) is 0.713. The molecule has 1 aromatic carbocycles. The lowest BCUT2D eigenvalue weighted by Crippen LogP contribution is -2.34. The second-order valence-electron chi connectivity index (χ2n) is 5.98. The van der Waals surface area contributed by atoms with Crippen LogP contribution in [0, 0.1) is 5.92 Å². The molecule has 0 N–H and O–H groups in total. The highest BCUT2D eigenvalue weighted by Gasteiger charge is 2.44. The molecule has 1 aromatic rings. The summed E-state index contributed by atoms with van der Waals surface area (Å²) < 4.78 is 0. The maximum Gasteiger partial charge on any atom is 0.00151 e. The fourth-order valence-corrected chi connectivity index (χ4v) is 4.17. The first-order chi connectivity index (χ1) is 8.31. The third kappa shape index (κ3) is 1.91. The van der Waals surface area contributed by atoms with Gasteiger partial charge in [0.15, 0.2) is 0 Å². The lowest BCUT2D eigenvalue weighted by molar-refractivity contribution is 0.252. The van der Waals surface area contributed by atoms with Crippen LogP contribution in [0.3, 0.4) is 0 Å². The summed E-state index contributed by atoms with van der Waals surface area (Å²) in [4.78, 5) is 2.54. The van der Waals surface area contributed by atoms with Crippen molar-refractivity contribution in [3.05, 3.63) is 35.9 Å². The van der Waals surface area contributed by atoms with E-state index in [2.05, 4.69) is 42.3 Å². The largest absolute Gasteiger partial charge is 0.306 e. The van der Waals surface area contributed by atoms with Gasteiger partial charge in [-0.15, -0.1) is 0 Å². The van der Waals surface area contributed by atoms with E-state index in [1.807, 2.05) is 0 Å². The first kappa shape index (κ1) is 11.3. The average Bonchev–Trinajstić information content (AvgIpc) is 2.68. The second-order valence-corrected chi connectivity index (χ2v) is 5.98. The van der Waals surface area contributed by atoms with Gasteiger partial charge in [0.25, 0.3) is 0 Å². The molecular weight excluding hydrogens is 206 g/mol. The van der Waals surface area contributed by atoms with E-state index in [0.717, 1.165) is 5.92 Å². The van der Waals surface area contributed by atoms with Crippen molar-refractivity contribution in [3.63, 3.8) is 0 Å². The van der Waals surface area contributed by atoms with E-state index in [0.29, 0.717) is 5.41 Å². The summed E-state index contributed by atoms with van der Waals surface area (Å²) >= 11 is 0. The number of nitrogens with zero attached hydrogens (tertiary/aromatic N) is 1. The lowest BCUT2D eigenvalue weighted by Gasteiger charge is -2.35. The number of hydrogen-bond acceptors (Lipinski definition) is 1. The fraction of sp³-hybridized carbons (Fsp3) is 0.625. The molecule has 0 aromatic heterocycles. The summed E-state index contributed by atoms with van der Waals surface area (Å²) in [5, 5.41) is 0. The van der Waals surface area contributed by atoms with E-state index in [4.69, 9.17) is 0 Å². The van der Waals surface area contributed by atoms with Gasteiger partial charge < -0.3 is 4.90 Å². The standard InChI is InChI=1S/C16H23N/c1-17-12-6-11-16(10-5-9-15(16)13-17)14-7-3-2-4-8-14/h2-4,7-8,15H,5-6,9-13H2,1H3. The molecular formula is C16H23N. The molecule has 2 unspecified atom stereocenters. The lowest BCUT2D eigenvalue weighted by atomic mass is 9.70. The third-order valence-corrected chi connectivity index (χ3v) is 5.00. The van der Waals surface area contributed by atoms with E-state index in [9.17, 15) is 0 Å². The van der Waals surface area contributed by atoms with Crippen molar-refractivity contribution in [2.45, 2.75) is 37.5 Å². The Morgan fingerprint density at radius 2 is 1.88 bits per heavy atom. The van der Waals surface area contributed by atoms with Crippen LogP contribution < -0.4 is 0 Å². The Bertz CT molecular complexity index is 372. The Hall–Kier alpha value is -0.820. The molecule has 1 heterocycles. The van der Waals surface area contributed by atoms with Crippen molar-refractivity contribution in [1.29, 1.82) is 0 Å². The molecule has 92 valence electrons. The molecule has 1 saturated carbocycles. The predicted molar refractivity (Wildman–Crippen MR) is 72.2 cm³/mol. The maximum absolute atomic E-state index is 2.54. The van der Waals surface area contributed by atoms with Gasteiger partial charge in [-0.1, -0.05) is 36.8 Å². The molecule has 2 fully saturated rings. The number of rotatable bonds is 1. The van der Waals surface area contributed by atoms with Gasteiger partial charge in [-0.3, -0.25) is 0 Å². The van der Waals surface area contributed by atoms with E-state index in [1.165, 1.54) is 45.2 Å². The molecule has 1 saturated heterocycles. The minimum atomic E-state index is 0.506. The van der Waals surface area contributed by atoms with Gasteiger partial charge >= 0.3 is 0 Å². The molecule has 0 bridgehead atoms. The van der Waals surface area contributed by atoms with Crippen molar-refractivity contribution in [2.75, 3.05) is 20.1 Å². The van der Waals surface area contributed by atoms with Gasteiger partial charge in [-0.2, -0.15) is 0 Å². The minimum absolute atomic E-state index is 0.506. The number of hydrogen-bond donors (Lipinski definition) is 0. The summed E-state index contributed by atoms with van der Waals surface area (Å²) in [6.45, 7) is 2.58. The normalized spacial score (nSPS) is 34.3. The maximum atomic E-state index is 2.54. The Morgan fingerprint density at radius 1 is 1.12 bits per heavy atom. The predicted octanol–water partition coefficient (Wildman–Crippen LogP) is 3.45. The van der Waals surface area contributed by atoms with Crippen LogP contribution in [0.2, 0.25) is 0 Å². The monoisotopic (exact) mass is 229 g/mol. The molecule has 1 nitrogen and oxygen atoms in total. The number of likely N-dealkylation sites (tertiary alicyclic amines) is 1. The van der Waals surface area contributed by atoms with Crippen molar-refractivity contribution < 1.29 is 0 Å². The zero-order valence-corrected chi connectivity index (χ0v) is 10.9. The highest BCUT2D eigenvalue weighted by Crippen LogP contribution is 2.50. The summed E-state index contributed by atoms with van der Waals surface area (Å²) in [6.07, 6.45) is 7.02. The zero-order chi connectivity index (χ0) is 11.7. The van der Waals surface area contributed by atoms with Gasteiger partial charge in [-0.25, -0.2) is 0 Å². The second kappa shape index (κ2) is 4.45. The van der Waals surface area contributed by atoms with Gasteiger partial charge in [-0.05, 0) is 56.2 Å². The van der Waals surface area contributed by atoms with Gasteiger partial charge in [0.1, 0.15) is 0 Å². The van der Waals surface area contributed by atoms with Crippen LogP contribution in [0.25, 0.3) is 0 Å². The average molecular weight is 229 g/mol. The van der Waals surface area contributed by atoms with Crippen LogP contribution in [-0.2, 0) is 5.41 Å². The van der Waals surface area contributed by atoms with E-state index < -0.39 is 0 Å². The summed E-state index contributed by atoms with van der Waals surface area (Å²) in [5.41, 5.74) is 2.12. The van der Waals surface area contributed by atoms with E-state index in [1.54, 1.807) is 5.56 Å². The number of benzene rings is 1. The van der Waals surface area contributed by atoms with Crippen LogP contribution in [0.15, 0.2) is 30.3 Å². The van der Waals surface area contributed by atoms with Crippen LogP contribution in [0.4, 0.5) is 0 Å². The first-order valence-corrected chi connectivity index (χ1v) is 7.05. The van der Waals surface area contributed by atoms with E-state index in [-0.39, 0.29) is 0 Å². The molecule has 1 aliphatic carbocycles. The molecule has 17 heavy (non-hydrogen) atoms. The highest BCUT2D eigenvalue weighted by atomic mass is 15.1. The molecule has 2 aliphatic rings. The van der Waals surface area contributed by atoms with Crippen molar-refractivity contribution in [1.82, 2.24) is 4.90 Å². The summed E-state index contributed by atoms with van der Waals surface area (Å²) in [5.74, 6) is 0.886. The summed E-state index contributed by atoms with van der Waals surface area (Å²) in [6, 6.07) is 11.3. The number of fused-ring (bicyclic) bond motifs is 1. The fourth-order valence-electron chi connectivity index (χ4n) is 4.17. The Labute approximate surface area is 105 Å². The molecule has 0 amide bonds. The van der Waals surface area contributed by atoms with Crippen LogP contribution in [-0.4, -0.2) is 25.0 Å². The third-order valence-electron chi connectivity index (χ3n) is 5.00. The molecule has 0 spiro atoms. The highest BCUT2D eigenvalue weighted by molar-refractivity contribution is 5.28. The SMILES string of the molecule is CN1CCCC2(c3ccccc3)CCCC2C1. The Morgan fingerprint density at radius 3 is 2.71 bits per heavy atom. The van der Waals surface area contributed by atoms with Gasteiger partial charge in [0, 0.05) is 6.54 Å². The van der Waals surface area contributed by atoms with Gasteiger partial charge in [0.2, 0.25) is 0 Å². The van der Waals surface area contributed by atoms with Crippen molar-refractivity contribution >= 4 is 0 Å². The first-order valence-electron chi connectivity index (χ1n) is 7.05. The minimum Gasteiger partial charge on any atom is -0.306 e.